The highest BCUT2D eigenvalue weighted by atomic mass is 16.7. The number of carbonyl (C=O) groups excluding carboxylic acids is 1. The van der Waals surface area contributed by atoms with Crippen LogP contribution in [0.2, 0.25) is 0 Å². The monoisotopic (exact) mass is 1040 g/mol. The van der Waals surface area contributed by atoms with Crippen molar-refractivity contribution in [2.24, 2.45) is 0 Å². The van der Waals surface area contributed by atoms with Gasteiger partial charge in [-0.2, -0.15) is 0 Å². The van der Waals surface area contributed by atoms with Gasteiger partial charge in [0.1, 0.15) is 48.8 Å². The quantitative estimate of drug-likeness (QED) is 0.0204. The minimum atomic E-state index is -1.78. The molecule has 432 valence electrons. The number of nitrogens with one attached hydrogen (secondary N) is 1. The van der Waals surface area contributed by atoms with E-state index in [2.05, 4.69) is 31.3 Å². The maximum atomic E-state index is 13.2. The molecule has 0 aromatic rings. The first kappa shape index (κ1) is 67.8. The SMILES string of the molecule is CCCCCCCCCC/C=C\CCCCCCCCCCCCCCCCCCCC(=O)NC(COC1OC(CO)C(OC2OC(CO)C(O)C(O)C2O)C(O)C1O)C(O)CCCCCCCCCCCC. The zero-order chi connectivity index (χ0) is 53.2. The summed E-state index contributed by atoms with van der Waals surface area (Å²) in [4.78, 5) is 13.2. The van der Waals surface area contributed by atoms with Crippen molar-refractivity contribution in [3.63, 3.8) is 0 Å². The van der Waals surface area contributed by atoms with Gasteiger partial charge in [-0.3, -0.25) is 4.79 Å². The van der Waals surface area contributed by atoms with E-state index in [9.17, 15) is 45.6 Å². The average Bonchev–Trinajstić information content (AvgIpc) is 3.39. The minimum Gasteiger partial charge on any atom is -0.394 e. The van der Waals surface area contributed by atoms with Gasteiger partial charge in [-0.15, -0.1) is 0 Å². The molecule has 9 N–H and O–H groups in total. The van der Waals surface area contributed by atoms with Crippen molar-refractivity contribution in [3.05, 3.63) is 12.2 Å². The Morgan fingerprint density at radius 1 is 0.479 bits per heavy atom. The van der Waals surface area contributed by atoms with Crippen molar-refractivity contribution >= 4 is 5.91 Å². The van der Waals surface area contributed by atoms with Crippen molar-refractivity contribution in [2.75, 3.05) is 19.8 Å². The van der Waals surface area contributed by atoms with Crippen LogP contribution in [0.5, 0.6) is 0 Å². The van der Waals surface area contributed by atoms with Crippen LogP contribution < -0.4 is 5.32 Å². The molecule has 0 aliphatic carbocycles. The molecule has 0 saturated carbocycles. The van der Waals surface area contributed by atoms with E-state index >= 15 is 0 Å². The van der Waals surface area contributed by atoms with E-state index in [0.29, 0.717) is 12.8 Å². The summed E-state index contributed by atoms with van der Waals surface area (Å²) in [7, 11) is 0. The van der Waals surface area contributed by atoms with E-state index in [0.717, 1.165) is 51.4 Å². The number of carbonyl (C=O) groups is 1. The Bertz CT molecular complexity index is 1280. The second-order valence-corrected chi connectivity index (χ2v) is 21.8. The maximum Gasteiger partial charge on any atom is 0.220 e. The van der Waals surface area contributed by atoms with Gasteiger partial charge in [0.25, 0.3) is 0 Å². The number of unbranched alkanes of at least 4 members (excludes halogenated alkanes) is 34. The number of hydrogen-bond donors (Lipinski definition) is 9. The first-order valence-corrected chi connectivity index (χ1v) is 30.4. The summed E-state index contributed by atoms with van der Waals surface area (Å²) >= 11 is 0. The van der Waals surface area contributed by atoms with Gasteiger partial charge in [0.05, 0.1) is 32.0 Å². The van der Waals surface area contributed by atoms with Gasteiger partial charge >= 0.3 is 0 Å². The molecule has 2 saturated heterocycles. The molecule has 1 amide bonds. The standard InChI is InChI=1S/C59H113NO13/c1-3-5-7-9-11-13-15-16-17-18-19-20-21-22-23-24-25-26-27-28-29-30-31-32-33-35-37-39-41-43-51(64)60-47(48(63)42-40-38-36-34-14-12-10-8-6-4-2)46-70-58-56(69)54(67)57(50(45-62)72-58)73-59-55(68)53(66)52(65)49(44-61)71-59/h18-19,47-50,52-59,61-63,65-69H,3-17,20-46H2,1-2H3,(H,60,64)/b19-18-. The highest BCUT2D eigenvalue weighted by molar-refractivity contribution is 5.76. The van der Waals surface area contributed by atoms with E-state index in [-0.39, 0.29) is 12.5 Å². The van der Waals surface area contributed by atoms with Gasteiger partial charge in [-0.25, -0.2) is 0 Å². The normalized spacial score (nSPS) is 25.4. The Morgan fingerprint density at radius 3 is 1.30 bits per heavy atom. The number of allylic oxidation sites excluding steroid dienone is 2. The third kappa shape index (κ3) is 31.7. The van der Waals surface area contributed by atoms with E-state index in [1.165, 1.54) is 186 Å². The molecule has 0 aromatic heterocycles. The van der Waals surface area contributed by atoms with E-state index in [1.54, 1.807) is 0 Å². The van der Waals surface area contributed by atoms with Crippen LogP contribution in [0.4, 0.5) is 0 Å². The summed E-state index contributed by atoms with van der Waals surface area (Å²) in [5.74, 6) is -0.204. The summed E-state index contributed by atoms with van der Waals surface area (Å²) in [6, 6.07) is -0.823. The predicted octanol–water partition coefficient (Wildman–Crippen LogP) is 10.3. The summed E-state index contributed by atoms with van der Waals surface area (Å²) in [5.41, 5.74) is 0. The van der Waals surface area contributed by atoms with Crippen LogP contribution in [0.25, 0.3) is 0 Å². The lowest BCUT2D eigenvalue weighted by Gasteiger charge is -2.46. The second-order valence-electron chi connectivity index (χ2n) is 21.8. The van der Waals surface area contributed by atoms with E-state index in [1.807, 2.05) is 0 Å². The fraction of sp³-hybridized carbons (Fsp3) is 0.949. The maximum absolute atomic E-state index is 13.2. The fourth-order valence-electron chi connectivity index (χ4n) is 10.3. The topological polar surface area (TPSA) is 228 Å². The van der Waals surface area contributed by atoms with Gasteiger partial charge in [0.2, 0.25) is 5.91 Å². The molecular formula is C59H113NO13. The van der Waals surface area contributed by atoms with Crippen molar-refractivity contribution in [2.45, 2.75) is 338 Å². The molecule has 0 bridgehead atoms. The third-order valence-electron chi connectivity index (χ3n) is 15.2. The number of rotatable bonds is 49. The van der Waals surface area contributed by atoms with Crippen LogP contribution in [-0.2, 0) is 23.7 Å². The molecule has 2 fully saturated rings. The van der Waals surface area contributed by atoms with E-state index in [4.69, 9.17) is 18.9 Å². The highest BCUT2D eigenvalue weighted by Crippen LogP contribution is 2.30. The number of aliphatic hydroxyl groups excluding tert-OH is 8. The summed E-state index contributed by atoms with van der Waals surface area (Å²) in [6.45, 7) is 2.86. The van der Waals surface area contributed by atoms with Crippen LogP contribution in [0.3, 0.4) is 0 Å². The van der Waals surface area contributed by atoms with Gasteiger partial charge < -0.3 is 65.1 Å². The molecule has 12 unspecified atom stereocenters. The van der Waals surface area contributed by atoms with Crippen LogP contribution in [-0.4, -0.2) is 140 Å². The molecule has 2 aliphatic rings. The molecule has 2 aliphatic heterocycles. The first-order chi connectivity index (χ1) is 35.6. The first-order valence-electron chi connectivity index (χ1n) is 30.4. The summed E-state index contributed by atoms with van der Waals surface area (Å²) < 4.78 is 22.8. The molecule has 73 heavy (non-hydrogen) atoms. The summed E-state index contributed by atoms with van der Waals surface area (Å²) in [6.07, 6.45) is 35.3. The Balaban J connectivity index is 1.63. The van der Waals surface area contributed by atoms with Crippen molar-refractivity contribution in [1.82, 2.24) is 5.32 Å². The Morgan fingerprint density at radius 2 is 0.863 bits per heavy atom. The predicted molar refractivity (Wildman–Crippen MR) is 291 cm³/mol. The Labute approximate surface area is 444 Å². The number of aliphatic hydroxyl groups is 8. The van der Waals surface area contributed by atoms with Gasteiger partial charge in [0, 0.05) is 6.42 Å². The Kier molecular flexibility index (Phi) is 42.5. The lowest BCUT2D eigenvalue weighted by molar-refractivity contribution is -0.359. The van der Waals surface area contributed by atoms with Gasteiger partial charge in [0.15, 0.2) is 12.6 Å². The molecule has 0 aromatic carbocycles. The van der Waals surface area contributed by atoms with Crippen molar-refractivity contribution in [3.8, 4) is 0 Å². The molecule has 14 nitrogen and oxygen atoms in total. The largest absolute Gasteiger partial charge is 0.394 e. The molecule has 12 atom stereocenters. The second kappa shape index (κ2) is 45.7. The fourth-order valence-corrected chi connectivity index (χ4v) is 10.3. The zero-order valence-electron chi connectivity index (χ0n) is 46.4. The van der Waals surface area contributed by atoms with Crippen LogP contribution in [0.1, 0.15) is 264 Å². The van der Waals surface area contributed by atoms with Crippen LogP contribution in [0.15, 0.2) is 12.2 Å². The molecule has 0 spiro atoms. The number of ether oxygens (including phenoxy) is 4. The summed E-state index contributed by atoms with van der Waals surface area (Å²) in [5, 5.41) is 87.0. The molecule has 2 rings (SSSR count). The molecule has 14 heteroatoms. The zero-order valence-corrected chi connectivity index (χ0v) is 46.4. The van der Waals surface area contributed by atoms with Crippen LogP contribution in [0, 0.1) is 0 Å². The number of hydrogen-bond acceptors (Lipinski definition) is 13. The van der Waals surface area contributed by atoms with Gasteiger partial charge in [-0.1, -0.05) is 231 Å². The Hall–Kier alpha value is -1.27. The minimum absolute atomic E-state index is 0.204. The van der Waals surface area contributed by atoms with Crippen LogP contribution >= 0.6 is 0 Å². The molecule has 2 heterocycles. The lowest BCUT2D eigenvalue weighted by atomic mass is 9.97. The molecular weight excluding hydrogens is 931 g/mol. The molecule has 0 radical (unpaired) electrons. The average molecular weight is 1040 g/mol. The number of amides is 1. The van der Waals surface area contributed by atoms with Gasteiger partial charge in [-0.05, 0) is 38.5 Å². The third-order valence-corrected chi connectivity index (χ3v) is 15.2. The van der Waals surface area contributed by atoms with E-state index < -0.39 is 86.8 Å². The highest BCUT2D eigenvalue weighted by Gasteiger charge is 2.51. The lowest BCUT2D eigenvalue weighted by Crippen LogP contribution is -2.65. The van der Waals surface area contributed by atoms with Crippen molar-refractivity contribution < 1.29 is 64.6 Å². The van der Waals surface area contributed by atoms with Crippen molar-refractivity contribution in [1.29, 1.82) is 0 Å². The smallest absolute Gasteiger partial charge is 0.220 e.